The molecule has 7 nitrogen and oxygen atoms in total. The number of methoxy groups -OCH3 is 1. The van der Waals surface area contributed by atoms with Crippen molar-refractivity contribution in [2.24, 2.45) is 10.9 Å². The van der Waals surface area contributed by atoms with Crippen molar-refractivity contribution in [3.8, 4) is 0 Å². The quantitative estimate of drug-likeness (QED) is 0.364. The summed E-state index contributed by atoms with van der Waals surface area (Å²) in [5.74, 6) is 1.47. The van der Waals surface area contributed by atoms with E-state index in [1.807, 2.05) is 24.3 Å². The van der Waals surface area contributed by atoms with Gasteiger partial charge in [0, 0.05) is 51.8 Å². The summed E-state index contributed by atoms with van der Waals surface area (Å²) in [5, 5.41) is 6.19. The Hall–Kier alpha value is -2.12. The minimum atomic E-state index is -0.0550. The van der Waals surface area contributed by atoms with Crippen LogP contribution in [0.5, 0.6) is 0 Å². The van der Waals surface area contributed by atoms with Crippen LogP contribution in [0.4, 0.5) is 5.69 Å². The largest absolute Gasteiger partial charge is 0.382 e. The van der Waals surface area contributed by atoms with Gasteiger partial charge in [-0.15, -0.1) is 0 Å². The van der Waals surface area contributed by atoms with Crippen LogP contribution in [-0.4, -0.2) is 69.9 Å². The number of rotatable bonds is 10. The number of hydrogen-bond donors (Lipinski definition) is 2. The maximum atomic E-state index is 11.1. The average molecular weight is 391 g/mol. The number of hydrogen-bond acceptors (Lipinski definition) is 4. The Bertz CT molecular complexity index is 619. The van der Waals surface area contributed by atoms with Crippen LogP contribution in [0.15, 0.2) is 29.3 Å². The monoisotopic (exact) mass is 390 g/mol. The third-order valence-electron chi connectivity index (χ3n) is 4.64. The lowest BCUT2D eigenvalue weighted by Gasteiger charge is -2.21. The van der Waals surface area contributed by atoms with Gasteiger partial charge < -0.3 is 25.0 Å². The lowest BCUT2D eigenvalue weighted by molar-refractivity contribution is -0.114. The number of ether oxygens (including phenoxy) is 2. The highest BCUT2D eigenvalue weighted by atomic mass is 16.5. The van der Waals surface area contributed by atoms with E-state index in [4.69, 9.17) is 14.5 Å². The first-order valence-electron chi connectivity index (χ1n) is 10.1. The smallest absolute Gasteiger partial charge is 0.221 e. The van der Waals surface area contributed by atoms with Crippen molar-refractivity contribution in [1.29, 1.82) is 0 Å². The molecule has 0 bridgehead atoms. The summed E-state index contributed by atoms with van der Waals surface area (Å²) in [6, 6.07) is 7.94. The summed E-state index contributed by atoms with van der Waals surface area (Å²) in [6.45, 7) is 9.26. The fourth-order valence-corrected chi connectivity index (χ4v) is 3.23. The van der Waals surface area contributed by atoms with Gasteiger partial charge in [-0.05, 0) is 37.5 Å². The summed E-state index contributed by atoms with van der Waals surface area (Å²) in [6.07, 6.45) is 1.99. The summed E-state index contributed by atoms with van der Waals surface area (Å²) in [4.78, 5) is 18.2. The van der Waals surface area contributed by atoms with Gasteiger partial charge in [-0.2, -0.15) is 0 Å². The van der Waals surface area contributed by atoms with Crippen LogP contribution >= 0.6 is 0 Å². The fourth-order valence-electron chi connectivity index (χ4n) is 3.23. The summed E-state index contributed by atoms with van der Waals surface area (Å²) in [5.41, 5.74) is 2.03. The van der Waals surface area contributed by atoms with E-state index >= 15 is 0 Å². The number of carbonyl (C=O) groups excluding carboxylic acids is 1. The van der Waals surface area contributed by atoms with Gasteiger partial charge in [-0.1, -0.05) is 12.1 Å². The highest BCUT2D eigenvalue weighted by molar-refractivity contribution is 5.88. The molecule has 1 atom stereocenters. The van der Waals surface area contributed by atoms with Crippen molar-refractivity contribution in [2.45, 2.75) is 26.7 Å². The number of nitrogens with zero attached hydrogens (tertiary/aromatic N) is 2. The van der Waals surface area contributed by atoms with Crippen LogP contribution in [-0.2, 0) is 20.7 Å². The molecular weight excluding hydrogens is 356 g/mol. The number of likely N-dealkylation sites (tertiary alicyclic amines) is 1. The molecule has 0 spiro atoms. The second-order valence-corrected chi connectivity index (χ2v) is 7.03. The van der Waals surface area contributed by atoms with Gasteiger partial charge in [0.1, 0.15) is 0 Å². The maximum absolute atomic E-state index is 11.1. The zero-order chi connectivity index (χ0) is 20.2. The van der Waals surface area contributed by atoms with Crippen LogP contribution in [0.2, 0.25) is 0 Å². The molecule has 2 N–H and O–H groups in total. The van der Waals surface area contributed by atoms with Crippen molar-refractivity contribution >= 4 is 17.6 Å². The molecule has 1 aromatic rings. The maximum Gasteiger partial charge on any atom is 0.221 e. The van der Waals surface area contributed by atoms with E-state index in [-0.39, 0.29) is 5.91 Å². The minimum Gasteiger partial charge on any atom is -0.382 e. The van der Waals surface area contributed by atoms with Gasteiger partial charge in [0.05, 0.1) is 19.8 Å². The summed E-state index contributed by atoms with van der Waals surface area (Å²) >= 11 is 0. The first-order valence-corrected chi connectivity index (χ1v) is 10.1. The average Bonchev–Trinajstić information content (AvgIpc) is 3.14. The zero-order valence-electron chi connectivity index (χ0n) is 17.4. The van der Waals surface area contributed by atoms with Crippen molar-refractivity contribution in [1.82, 2.24) is 10.2 Å². The number of amides is 1. The second kappa shape index (κ2) is 12.4. The lowest BCUT2D eigenvalue weighted by Crippen LogP contribution is -2.40. The molecule has 1 fully saturated rings. The molecule has 7 heteroatoms. The first kappa shape index (κ1) is 22.2. The normalized spacial score (nSPS) is 17.0. The van der Waals surface area contributed by atoms with Gasteiger partial charge in [0.25, 0.3) is 0 Å². The van der Waals surface area contributed by atoms with E-state index < -0.39 is 0 Å². The summed E-state index contributed by atoms with van der Waals surface area (Å²) < 4.78 is 10.7. The topological polar surface area (TPSA) is 75.2 Å². The predicted molar refractivity (Wildman–Crippen MR) is 113 cm³/mol. The highest BCUT2D eigenvalue weighted by Crippen LogP contribution is 2.17. The van der Waals surface area contributed by atoms with Crippen molar-refractivity contribution < 1.29 is 14.3 Å². The van der Waals surface area contributed by atoms with E-state index in [9.17, 15) is 4.79 Å². The molecule has 1 aliphatic rings. The van der Waals surface area contributed by atoms with Gasteiger partial charge >= 0.3 is 0 Å². The van der Waals surface area contributed by atoms with Crippen LogP contribution in [0, 0.1) is 5.92 Å². The van der Waals surface area contributed by atoms with Crippen LogP contribution in [0.25, 0.3) is 0 Å². The van der Waals surface area contributed by atoms with E-state index in [2.05, 4.69) is 22.5 Å². The van der Waals surface area contributed by atoms with Crippen LogP contribution in [0.3, 0.4) is 0 Å². The Morgan fingerprint density at radius 1 is 1.29 bits per heavy atom. The highest BCUT2D eigenvalue weighted by Gasteiger charge is 2.24. The molecule has 1 unspecified atom stereocenters. The molecule has 1 aromatic carbocycles. The van der Waals surface area contributed by atoms with Crippen LogP contribution in [0.1, 0.15) is 25.8 Å². The number of nitrogens with one attached hydrogen (secondary N) is 2. The third kappa shape index (κ3) is 7.86. The second-order valence-electron chi connectivity index (χ2n) is 7.03. The molecule has 2 rings (SSSR count). The Balaban J connectivity index is 1.81. The number of aliphatic imine (C=N–C) groups is 1. The fraction of sp³-hybridized carbons (Fsp3) is 0.619. The molecular formula is C21H34N4O3. The number of guanidine groups is 1. The molecule has 156 valence electrons. The molecule has 0 aliphatic carbocycles. The van der Waals surface area contributed by atoms with E-state index in [0.29, 0.717) is 19.1 Å². The van der Waals surface area contributed by atoms with Crippen molar-refractivity contribution in [2.75, 3.05) is 58.4 Å². The SMILES string of the molecule is CCNC(=NCCc1ccc(NC(C)=O)cc1)N1CCC(COCCOC)C1. The van der Waals surface area contributed by atoms with Gasteiger partial charge in [0.2, 0.25) is 5.91 Å². The standard InChI is InChI=1S/C21H34N4O3/c1-4-22-21(25-12-10-19(15-25)16-28-14-13-27-3)23-11-9-18-5-7-20(8-6-18)24-17(2)26/h5-8,19H,4,9-16H2,1-3H3,(H,22,23)(H,24,26). The number of anilines is 1. The van der Waals surface area contributed by atoms with Crippen LogP contribution < -0.4 is 10.6 Å². The van der Waals surface area contributed by atoms with Gasteiger partial charge in [-0.25, -0.2) is 0 Å². The molecule has 0 radical (unpaired) electrons. The number of carbonyl (C=O) groups is 1. The Morgan fingerprint density at radius 2 is 2.07 bits per heavy atom. The van der Waals surface area contributed by atoms with E-state index in [1.54, 1.807) is 7.11 Å². The Kier molecular flexibility index (Phi) is 9.79. The van der Waals surface area contributed by atoms with Gasteiger partial charge in [-0.3, -0.25) is 9.79 Å². The summed E-state index contributed by atoms with van der Waals surface area (Å²) in [7, 11) is 1.69. The molecule has 1 heterocycles. The van der Waals surface area contributed by atoms with Crippen molar-refractivity contribution in [3.05, 3.63) is 29.8 Å². The minimum absolute atomic E-state index is 0.0550. The number of benzene rings is 1. The zero-order valence-corrected chi connectivity index (χ0v) is 17.4. The third-order valence-corrected chi connectivity index (χ3v) is 4.64. The Morgan fingerprint density at radius 3 is 2.75 bits per heavy atom. The molecule has 0 saturated carbocycles. The predicted octanol–water partition coefficient (Wildman–Crippen LogP) is 2.14. The molecule has 0 aromatic heterocycles. The van der Waals surface area contributed by atoms with Crippen molar-refractivity contribution in [3.63, 3.8) is 0 Å². The van der Waals surface area contributed by atoms with E-state index in [1.165, 1.54) is 12.5 Å². The molecule has 28 heavy (non-hydrogen) atoms. The van der Waals surface area contributed by atoms with E-state index in [0.717, 1.165) is 57.3 Å². The molecule has 1 aliphatic heterocycles. The Labute approximate surface area is 168 Å². The van der Waals surface area contributed by atoms with Gasteiger partial charge in [0.15, 0.2) is 5.96 Å². The molecule has 1 saturated heterocycles. The first-order chi connectivity index (χ1) is 13.6. The molecule has 1 amide bonds. The lowest BCUT2D eigenvalue weighted by atomic mass is 10.1.